The highest BCUT2D eigenvalue weighted by atomic mass is 16.5. The number of morpholine rings is 1. The first-order valence-electron chi connectivity index (χ1n) is 7.27. The van der Waals surface area contributed by atoms with E-state index in [9.17, 15) is 14.7 Å². The molecule has 1 N–H and O–H groups in total. The summed E-state index contributed by atoms with van der Waals surface area (Å²) >= 11 is 0. The van der Waals surface area contributed by atoms with Gasteiger partial charge in [0.15, 0.2) is 6.61 Å². The summed E-state index contributed by atoms with van der Waals surface area (Å²) in [5, 5.41) is 9.84. The van der Waals surface area contributed by atoms with E-state index in [1.807, 2.05) is 13.8 Å². The molecule has 1 aliphatic rings. The number of para-hydroxylation sites is 1. The van der Waals surface area contributed by atoms with E-state index < -0.39 is 5.97 Å². The van der Waals surface area contributed by atoms with Crippen molar-refractivity contribution in [3.8, 4) is 5.75 Å². The van der Waals surface area contributed by atoms with Crippen LogP contribution in [0.25, 0.3) is 0 Å². The molecule has 0 aromatic heterocycles. The maximum atomic E-state index is 12.1. The summed E-state index contributed by atoms with van der Waals surface area (Å²) in [7, 11) is 0. The Kier molecular flexibility index (Phi) is 5.03. The quantitative estimate of drug-likeness (QED) is 0.856. The second-order valence-electron chi connectivity index (χ2n) is 5.60. The van der Waals surface area contributed by atoms with E-state index in [4.69, 9.17) is 9.47 Å². The van der Waals surface area contributed by atoms with Gasteiger partial charge in [-0.15, -0.1) is 0 Å². The number of carbonyl (C=O) groups excluding carboxylic acids is 2. The largest absolute Gasteiger partial charge is 0.507 e. The van der Waals surface area contributed by atoms with Crippen LogP contribution in [-0.2, 0) is 14.3 Å². The lowest BCUT2D eigenvalue weighted by molar-refractivity contribution is -0.146. The van der Waals surface area contributed by atoms with E-state index in [1.165, 1.54) is 6.07 Å². The monoisotopic (exact) mass is 307 g/mol. The number of hydrogen-bond acceptors (Lipinski definition) is 5. The average molecular weight is 307 g/mol. The van der Waals surface area contributed by atoms with Gasteiger partial charge in [-0.3, -0.25) is 4.79 Å². The molecule has 0 aliphatic carbocycles. The van der Waals surface area contributed by atoms with Crippen molar-refractivity contribution in [3.05, 3.63) is 29.3 Å². The van der Waals surface area contributed by atoms with Crippen molar-refractivity contribution >= 4 is 11.9 Å². The van der Waals surface area contributed by atoms with Crippen molar-refractivity contribution in [2.24, 2.45) is 0 Å². The molecule has 0 saturated carbocycles. The summed E-state index contributed by atoms with van der Waals surface area (Å²) in [5.74, 6) is -1.08. The number of phenolic OH excluding ortho intramolecular Hbond substituents is 1. The van der Waals surface area contributed by atoms with Gasteiger partial charge in [-0.2, -0.15) is 0 Å². The first-order valence-corrected chi connectivity index (χ1v) is 7.27. The van der Waals surface area contributed by atoms with Crippen molar-refractivity contribution in [2.75, 3.05) is 19.7 Å². The van der Waals surface area contributed by atoms with Gasteiger partial charge in [0.25, 0.3) is 5.91 Å². The molecule has 1 aromatic carbocycles. The number of benzene rings is 1. The maximum absolute atomic E-state index is 12.1. The molecular formula is C16H21NO5. The molecule has 1 amide bonds. The molecule has 6 nitrogen and oxygen atoms in total. The van der Waals surface area contributed by atoms with Crippen molar-refractivity contribution in [3.63, 3.8) is 0 Å². The number of carbonyl (C=O) groups is 2. The smallest absolute Gasteiger partial charge is 0.342 e. The molecule has 1 aromatic rings. The van der Waals surface area contributed by atoms with E-state index in [1.54, 1.807) is 24.0 Å². The lowest BCUT2D eigenvalue weighted by Gasteiger charge is -2.35. The van der Waals surface area contributed by atoms with Crippen molar-refractivity contribution in [1.29, 1.82) is 0 Å². The van der Waals surface area contributed by atoms with Crippen LogP contribution in [0.1, 0.15) is 29.8 Å². The lowest BCUT2D eigenvalue weighted by Crippen LogP contribution is -2.49. The van der Waals surface area contributed by atoms with Gasteiger partial charge in [0.1, 0.15) is 11.3 Å². The maximum Gasteiger partial charge on any atom is 0.342 e. The summed E-state index contributed by atoms with van der Waals surface area (Å²) in [6.45, 7) is 6.10. The third kappa shape index (κ3) is 3.76. The lowest BCUT2D eigenvalue weighted by atomic mass is 10.1. The minimum absolute atomic E-state index is 0.0378. The second kappa shape index (κ2) is 6.79. The first-order chi connectivity index (χ1) is 10.4. The number of nitrogens with zero attached hydrogens (tertiary/aromatic N) is 1. The van der Waals surface area contributed by atoms with Gasteiger partial charge < -0.3 is 19.5 Å². The zero-order valence-corrected chi connectivity index (χ0v) is 13.0. The Morgan fingerprint density at radius 3 is 2.59 bits per heavy atom. The molecular weight excluding hydrogens is 286 g/mol. The number of aryl methyl sites for hydroxylation is 1. The van der Waals surface area contributed by atoms with E-state index in [0.717, 1.165) is 0 Å². The average Bonchev–Trinajstić information content (AvgIpc) is 2.46. The summed E-state index contributed by atoms with van der Waals surface area (Å²) < 4.78 is 10.6. The van der Waals surface area contributed by atoms with Crippen LogP contribution in [0.3, 0.4) is 0 Å². The van der Waals surface area contributed by atoms with Gasteiger partial charge in [-0.1, -0.05) is 12.1 Å². The Labute approximate surface area is 129 Å². The van der Waals surface area contributed by atoms with Crippen molar-refractivity contribution in [1.82, 2.24) is 4.90 Å². The Morgan fingerprint density at radius 2 is 1.95 bits per heavy atom. The van der Waals surface area contributed by atoms with E-state index >= 15 is 0 Å². The third-order valence-electron chi connectivity index (χ3n) is 3.56. The van der Waals surface area contributed by atoms with Gasteiger partial charge in [0.2, 0.25) is 0 Å². The van der Waals surface area contributed by atoms with E-state index in [-0.39, 0.29) is 36.0 Å². The fourth-order valence-corrected chi connectivity index (χ4v) is 2.50. The number of aromatic hydroxyl groups is 1. The predicted octanol–water partition coefficient (Wildman–Crippen LogP) is 1.49. The molecule has 22 heavy (non-hydrogen) atoms. The minimum atomic E-state index is -0.705. The first kappa shape index (κ1) is 16.3. The van der Waals surface area contributed by atoms with Gasteiger partial charge >= 0.3 is 5.97 Å². The molecule has 0 bridgehead atoms. The molecule has 2 rings (SSSR count). The van der Waals surface area contributed by atoms with Crippen LogP contribution in [0.2, 0.25) is 0 Å². The van der Waals surface area contributed by atoms with Crippen LogP contribution >= 0.6 is 0 Å². The predicted molar refractivity (Wildman–Crippen MR) is 79.7 cm³/mol. The van der Waals surface area contributed by atoms with Crippen LogP contribution in [0.15, 0.2) is 18.2 Å². The molecule has 0 spiro atoms. The van der Waals surface area contributed by atoms with Crippen LogP contribution in [0.4, 0.5) is 0 Å². The molecule has 1 aliphatic heterocycles. The van der Waals surface area contributed by atoms with Crippen LogP contribution < -0.4 is 0 Å². The number of hydrogen-bond donors (Lipinski definition) is 1. The summed E-state index contributed by atoms with van der Waals surface area (Å²) in [6.07, 6.45) is -0.0755. The standard InChI is InChI=1S/C16H21NO5/c1-10-5-4-6-13(15(10)19)16(20)21-9-14(18)17-7-11(2)22-12(3)8-17/h4-6,11-12,19H,7-9H2,1-3H3/t11-,12-/m1/s1. The van der Waals surface area contributed by atoms with Gasteiger partial charge in [-0.25, -0.2) is 4.79 Å². The van der Waals surface area contributed by atoms with E-state index in [2.05, 4.69) is 0 Å². The highest BCUT2D eigenvalue weighted by Gasteiger charge is 2.26. The normalized spacial score (nSPS) is 21.5. The highest BCUT2D eigenvalue weighted by molar-refractivity contribution is 5.94. The Hall–Kier alpha value is -2.08. The fraction of sp³-hybridized carbons (Fsp3) is 0.500. The van der Waals surface area contributed by atoms with E-state index in [0.29, 0.717) is 18.7 Å². The van der Waals surface area contributed by atoms with Crippen LogP contribution in [0, 0.1) is 6.92 Å². The topological polar surface area (TPSA) is 76.1 Å². The molecule has 1 heterocycles. The summed E-state index contributed by atoms with van der Waals surface area (Å²) in [4.78, 5) is 25.7. The summed E-state index contributed by atoms with van der Waals surface area (Å²) in [5.41, 5.74) is 0.646. The molecule has 120 valence electrons. The number of esters is 1. The second-order valence-corrected chi connectivity index (χ2v) is 5.60. The van der Waals surface area contributed by atoms with Crippen LogP contribution in [-0.4, -0.2) is 53.8 Å². The zero-order valence-electron chi connectivity index (χ0n) is 13.0. The molecule has 0 radical (unpaired) electrons. The number of amides is 1. The van der Waals surface area contributed by atoms with Gasteiger partial charge in [0, 0.05) is 13.1 Å². The zero-order chi connectivity index (χ0) is 16.3. The molecule has 2 atom stereocenters. The third-order valence-corrected chi connectivity index (χ3v) is 3.56. The van der Waals surface area contributed by atoms with Gasteiger partial charge in [-0.05, 0) is 32.4 Å². The number of rotatable bonds is 3. The Balaban J connectivity index is 1.93. The fourth-order valence-electron chi connectivity index (χ4n) is 2.50. The SMILES string of the molecule is Cc1cccc(C(=O)OCC(=O)N2C[C@@H](C)O[C@H](C)C2)c1O. The van der Waals surface area contributed by atoms with Crippen molar-refractivity contribution < 1.29 is 24.2 Å². The van der Waals surface area contributed by atoms with Gasteiger partial charge in [0.05, 0.1) is 12.2 Å². The minimum Gasteiger partial charge on any atom is -0.507 e. The Bertz CT molecular complexity index is 562. The summed E-state index contributed by atoms with van der Waals surface area (Å²) in [6, 6.07) is 4.81. The number of phenols is 1. The number of ether oxygens (including phenoxy) is 2. The van der Waals surface area contributed by atoms with Crippen molar-refractivity contribution in [2.45, 2.75) is 33.0 Å². The molecule has 1 saturated heterocycles. The van der Waals surface area contributed by atoms with Crippen LogP contribution in [0.5, 0.6) is 5.75 Å². The Morgan fingerprint density at radius 1 is 1.32 bits per heavy atom. The highest BCUT2D eigenvalue weighted by Crippen LogP contribution is 2.22. The molecule has 0 unspecified atom stereocenters. The molecule has 6 heteroatoms. The molecule has 1 fully saturated rings.